The SMILES string of the molecule is CC[C@@H]1C(=O)N(C)c2cnc(-c3cnn(C)c3-c3nccs3)nc2N1c1ccn(C)n1. The van der Waals surface area contributed by atoms with Crippen molar-refractivity contribution in [2.45, 2.75) is 19.4 Å². The van der Waals surface area contributed by atoms with Gasteiger partial charge in [0.05, 0.1) is 18.0 Å². The van der Waals surface area contributed by atoms with E-state index in [-0.39, 0.29) is 5.91 Å². The number of hydrogen-bond donors (Lipinski definition) is 0. The molecular weight excluding hydrogens is 414 g/mol. The average molecular weight is 436 g/mol. The van der Waals surface area contributed by atoms with Crippen molar-refractivity contribution in [3.8, 4) is 22.1 Å². The molecule has 0 N–H and O–H groups in total. The van der Waals surface area contributed by atoms with Gasteiger partial charge in [-0.2, -0.15) is 10.2 Å². The van der Waals surface area contributed by atoms with Gasteiger partial charge in [0.25, 0.3) is 0 Å². The van der Waals surface area contributed by atoms with Crippen LogP contribution in [0.15, 0.2) is 36.2 Å². The smallest absolute Gasteiger partial charge is 0.250 e. The quantitative estimate of drug-likeness (QED) is 0.486. The predicted molar refractivity (Wildman–Crippen MR) is 118 cm³/mol. The number of aryl methyl sites for hydroxylation is 2. The van der Waals surface area contributed by atoms with Gasteiger partial charge >= 0.3 is 0 Å². The summed E-state index contributed by atoms with van der Waals surface area (Å²) in [6.07, 6.45) is 7.68. The number of fused-ring (bicyclic) bond motifs is 1. The van der Waals surface area contributed by atoms with Crippen LogP contribution < -0.4 is 9.80 Å². The van der Waals surface area contributed by atoms with Crippen LogP contribution in [0.4, 0.5) is 17.3 Å². The zero-order chi connectivity index (χ0) is 21.7. The average Bonchev–Trinajstić information content (AvgIpc) is 3.51. The van der Waals surface area contributed by atoms with Crippen LogP contribution in [0.25, 0.3) is 22.1 Å². The molecule has 0 fully saturated rings. The van der Waals surface area contributed by atoms with Gasteiger partial charge in [-0.1, -0.05) is 6.92 Å². The van der Waals surface area contributed by atoms with E-state index in [0.29, 0.717) is 29.6 Å². The Morgan fingerprint density at radius 3 is 2.68 bits per heavy atom. The molecule has 1 atom stereocenters. The number of carbonyl (C=O) groups excluding carboxylic acids is 1. The summed E-state index contributed by atoms with van der Waals surface area (Å²) in [6, 6.07) is 1.49. The molecule has 1 aliphatic rings. The van der Waals surface area contributed by atoms with E-state index in [9.17, 15) is 4.79 Å². The van der Waals surface area contributed by atoms with Crippen LogP contribution in [-0.2, 0) is 18.9 Å². The van der Waals surface area contributed by atoms with Crippen molar-refractivity contribution in [3.63, 3.8) is 0 Å². The lowest BCUT2D eigenvalue weighted by molar-refractivity contribution is -0.119. The van der Waals surface area contributed by atoms with Gasteiger partial charge < -0.3 is 4.90 Å². The normalized spacial score (nSPS) is 16.1. The first-order valence-corrected chi connectivity index (χ1v) is 10.7. The van der Waals surface area contributed by atoms with E-state index in [1.54, 1.807) is 39.9 Å². The van der Waals surface area contributed by atoms with E-state index in [0.717, 1.165) is 16.3 Å². The van der Waals surface area contributed by atoms with E-state index < -0.39 is 6.04 Å². The van der Waals surface area contributed by atoms with E-state index in [4.69, 9.17) is 4.98 Å². The summed E-state index contributed by atoms with van der Waals surface area (Å²) in [5.41, 5.74) is 2.28. The van der Waals surface area contributed by atoms with Crippen molar-refractivity contribution in [2.24, 2.45) is 14.1 Å². The third-order valence-corrected chi connectivity index (χ3v) is 6.19. The first-order valence-electron chi connectivity index (χ1n) is 9.85. The largest absolute Gasteiger partial charge is 0.309 e. The Bertz CT molecular complexity index is 1260. The number of thiazole rings is 1. The second kappa shape index (κ2) is 7.27. The maximum atomic E-state index is 13.1. The molecule has 0 spiro atoms. The molecule has 31 heavy (non-hydrogen) atoms. The number of nitrogens with zero attached hydrogens (tertiary/aromatic N) is 9. The number of rotatable bonds is 4. The van der Waals surface area contributed by atoms with Gasteiger partial charge in [0.2, 0.25) is 5.91 Å². The summed E-state index contributed by atoms with van der Waals surface area (Å²) in [5.74, 6) is 1.83. The molecule has 1 amide bonds. The van der Waals surface area contributed by atoms with Crippen LogP contribution in [0.3, 0.4) is 0 Å². The van der Waals surface area contributed by atoms with E-state index in [1.165, 1.54) is 11.3 Å². The van der Waals surface area contributed by atoms with Crippen molar-refractivity contribution < 1.29 is 4.79 Å². The lowest BCUT2D eigenvalue weighted by Gasteiger charge is -2.39. The molecule has 10 nitrogen and oxygen atoms in total. The van der Waals surface area contributed by atoms with E-state index >= 15 is 0 Å². The summed E-state index contributed by atoms with van der Waals surface area (Å²) < 4.78 is 3.49. The van der Waals surface area contributed by atoms with Crippen LogP contribution >= 0.6 is 11.3 Å². The minimum absolute atomic E-state index is 0.0122. The molecule has 0 aromatic carbocycles. The molecule has 0 saturated heterocycles. The van der Waals surface area contributed by atoms with Crippen molar-refractivity contribution >= 4 is 34.6 Å². The zero-order valence-corrected chi connectivity index (χ0v) is 18.4. The Labute approximate surface area is 182 Å². The summed E-state index contributed by atoms with van der Waals surface area (Å²) in [5, 5.41) is 11.7. The molecule has 0 saturated carbocycles. The Morgan fingerprint density at radius 2 is 2.00 bits per heavy atom. The highest BCUT2D eigenvalue weighted by molar-refractivity contribution is 7.13. The van der Waals surface area contributed by atoms with Crippen LogP contribution in [0, 0.1) is 0 Å². The predicted octanol–water partition coefficient (Wildman–Crippen LogP) is 2.63. The lowest BCUT2D eigenvalue weighted by atomic mass is 10.1. The fourth-order valence-corrected chi connectivity index (χ4v) is 4.59. The molecular formula is C20H21N9OS. The molecule has 4 aromatic rings. The number of amides is 1. The highest BCUT2D eigenvalue weighted by atomic mass is 32.1. The minimum Gasteiger partial charge on any atom is -0.309 e. The molecule has 5 heterocycles. The number of carbonyl (C=O) groups is 1. The van der Waals surface area contributed by atoms with E-state index in [1.807, 2.05) is 43.6 Å². The van der Waals surface area contributed by atoms with Gasteiger partial charge in [0.1, 0.15) is 22.4 Å². The Hall–Kier alpha value is -3.60. The molecule has 0 unspecified atom stereocenters. The highest BCUT2D eigenvalue weighted by Crippen LogP contribution is 2.40. The monoisotopic (exact) mass is 435 g/mol. The van der Waals surface area contributed by atoms with Crippen molar-refractivity contribution in [1.29, 1.82) is 0 Å². The van der Waals surface area contributed by atoms with Gasteiger partial charge in [0.15, 0.2) is 17.5 Å². The third-order valence-electron chi connectivity index (χ3n) is 5.41. The van der Waals surface area contributed by atoms with Crippen LogP contribution in [0.1, 0.15) is 13.3 Å². The van der Waals surface area contributed by atoms with Gasteiger partial charge in [0, 0.05) is 45.0 Å². The topological polar surface area (TPSA) is 97.9 Å². The first kappa shape index (κ1) is 19.4. The Balaban J connectivity index is 1.70. The fourth-order valence-electron chi connectivity index (χ4n) is 3.86. The molecule has 4 aromatic heterocycles. The van der Waals surface area contributed by atoms with Crippen molar-refractivity contribution in [2.75, 3.05) is 16.8 Å². The second-order valence-electron chi connectivity index (χ2n) is 7.31. The number of likely N-dealkylation sites (N-methyl/N-ethyl adjacent to an activating group) is 1. The lowest BCUT2D eigenvalue weighted by Crippen LogP contribution is -2.50. The second-order valence-corrected chi connectivity index (χ2v) is 8.20. The minimum atomic E-state index is -0.400. The molecule has 1 aliphatic heterocycles. The molecule has 5 rings (SSSR count). The Kier molecular flexibility index (Phi) is 4.54. The van der Waals surface area contributed by atoms with Gasteiger partial charge in [-0.15, -0.1) is 11.3 Å². The molecule has 0 aliphatic carbocycles. The Morgan fingerprint density at radius 1 is 1.16 bits per heavy atom. The van der Waals surface area contributed by atoms with E-state index in [2.05, 4.69) is 20.2 Å². The van der Waals surface area contributed by atoms with Crippen LogP contribution in [0.2, 0.25) is 0 Å². The van der Waals surface area contributed by atoms with Gasteiger partial charge in [-0.25, -0.2) is 15.0 Å². The summed E-state index contributed by atoms with van der Waals surface area (Å²) in [7, 11) is 5.48. The molecule has 0 bridgehead atoms. The molecule has 0 radical (unpaired) electrons. The third kappa shape index (κ3) is 3.00. The van der Waals surface area contributed by atoms with Crippen LogP contribution in [-0.4, -0.2) is 53.5 Å². The maximum Gasteiger partial charge on any atom is 0.250 e. The first-order chi connectivity index (χ1) is 15.0. The standard InChI is InChI=1S/C20H21N9OS/c1-5-13-20(30)27(3)14-11-22-17(24-18(14)29(13)15-6-8-26(2)25-15)12-10-23-28(4)16(12)19-21-7-9-31-19/h6-11,13H,5H2,1-4H3/t13-/m1/s1. The summed E-state index contributed by atoms with van der Waals surface area (Å²) >= 11 is 1.53. The van der Waals surface area contributed by atoms with Gasteiger partial charge in [-0.05, 0) is 6.42 Å². The van der Waals surface area contributed by atoms with Crippen LogP contribution in [0.5, 0.6) is 0 Å². The summed E-state index contributed by atoms with van der Waals surface area (Å²) in [6.45, 7) is 1.99. The number of anilines is 3. The van der Waals surface area contributed by atoms with Gasteiger partial charge in [-0.3, -0.25) is 19.1 Å². The molecule has 158 valence electrons. The van der Waals surface area contributed by atoms with Crippen molar-refractivity contribution in [1.82, 2.24) is 34.5 Å². The number of aromatic nitrogens is 7. The molecule has 11 heteroatoms. The van der Waals surface area contributed by atoms with Crippen molar-refractivity contribution in [3.05, 3.63) is 36.2 Å². The fraction of sp³-hybridized carbons (Fsp3) is 0.300. The number of hydrogen-bond acceptors (Lipinski definition) is 8. The maximum absolute atomic E-state index is 13.1. The summed E-state index contributed by atoms with van der Waals surface area (Å²) in [4.78, 5) is 30.5. The zero-order valence-electron chi connectivity index (χ0n) is 17.6. The highest BCUT2D eigenvalue weighted by Gasteiger charge is 2.39.